The van der Waals surface area contributed by atoms with E-state index in [1.165, 1.54) is 22.5 Å². The van der Waals surface area contributed by atoms with Crippen LogP contribution in [0.25, 0.3) is 16.5 Å². The van der Waals surface area contributed by atoms with Gasteiger partial charge >= 0.3 is 5.97 Å². The zero-order valence-electron chi connectivity index (χ0n) is 14.8. The summed E-state index contributed by atoms with van der Waals surface area (Å²) >= 11 is 0. The Labute approximate surface area is 137 Å². The summed E-state index contributed by atoms with van der Waals surface area (Å²) < 4.78 is 7.56. The summed E-state index contributed by atoms with van der Waals surface area (Å²) in [6.45, 7) is 13.0. The Hall–Kier alpha value is -2.10. The number of nitrogens with one attached hydrogen (secondary N) is 1. The molecule has 1 aliphatic rings. The van der Waals surface area contributed by atoms with Crippen molar-refractivity contribution in [3.8, 4) is 0 Å². The van der Waals surface area contributed by atoms with Crippen molar-refractivity contribution < 1.29 is 14.1 Å². The van der Waals surface area contributed by atoms with Crippen molar-refractivity contribution in [3.63, 3.8) is 0 Å². The predicted molar refractivity (Wildman–Crippen MR) is 91.5 cm³/mol. The number of esters is 1. The zero-order valence-corrected chi connectivity index (χ0v) is 14.8. The number of aromatic nitrogens is 2. The van der Waals surface area contributed by atoms with Gasteiger partial charge in [0.1, 0.15) is 5.69 Å². The number of H-pyrrole nitrogens is 1. The largest absolute Gasteiger partial charge is 0.461 e. The molecule has 0 saturated carbocycles. The van der Waals surface area contributed by atoms with Gasteiger partial charge < -0.3 is 9.72 Å². The molecule has 2 aromatic rings. The highest BCUT2D eigenvalue weighted by atomic mass is 16.5. The molecule has 23 heavy (non-hydrogen) atoms. The van der Waals surface area contributed by atoms with Gasteiger partial charge in [-0.1, -0.05) is 6.92 Å². The highest BCUT2D eigenvalue weighted by molar-refractivity contribution is 5.99. The number of carbonyl (C=O) groups is 1. The first-order chi connectivity index (χ1) is 10.9. The molecule has 0 saturated heterocycles. The molecule has 0 bridgehead atoms. The van der Waals surface area contributed by atoms with Crippen LogP contribution in [0.2, 0.25) is 0 Å². The minimum Gasteiger partial charge on any atom is -0.461 e. The van der Waals surface area contributed by atoms with Gasteiger partial charge in [0.2, 0.25) is 5.69 Å². The number of hydrogen-bond donors (Lipinski definition) is 1. The van der Waals surface area contributed by atoms with Crippen molar-refractivity contribution in [1.29, 1.82) is 0 Å². The molecule has 0 aromatic carbocycles. The number of aryl methyl sites for hydroxylation is 2. The standard InChI is InChI=1S/C19H24N2O2/c1-7-14-10(3)16-9-15-17(13(6)21(16)12(14)5)11(4)18(20-15)19(22)23-8-2/h9,12H,7-8H2,1-6H3/p+1/t12-/m1/s1. The topological polar surface area (TPSA) is 46.0 Å². The van der Waals surface area contributed by atoms with Crippen LogP contribution in [-0.4, -0.2) is 17.6 Å². The lowest BCUT2D eigenvalue weighted by Gasteiger charge is -2.08. The summed E-state index contributed by atoms with van der Waals surface area (Å²) in [5.74, 6) is -0.277. The number of rotatable bonds is 3. The summed E-state index contributed by atoms with van der Waals surface area (Å²) in [5, 5.41) is 1.13. The van der Waals surface area contributed by atoms with E-state index < -0.39 is 0 Å². The molecular formula is C19H25N2O2+. The van der Waals surface area contributed by atoms with Gasteiger partial charge in [0, 0.05) is 31.1 Å². The number of fused-ring (bicyclic) bond motifs is 2. The third-order valence-electron chi connectivity index (χ3n) is 5.16. The molecule has 3 rings (SSSR count). The Kier molecular flexibility index (Phi) is 3.78. The van der Waals surface area contributed by atoms with Crippen molar-refractivity contribution >= 4 is 22.4 Å². The van der Waals surface area contributed by atoms with Crippen LogP contribution < -0.4 is 4.57 Å². The van der Waals surface area contributed by atoms with Gasteiger partial charge in [-0.2, -0.15) is 4.57 Å². The lowest BCUT2D eigenvalue weighted by atomic mass is 10.0. The van der Waals surface area contributed by atoms with Gasteiger partial charge in [0.05, 0.1) is 17.5 Å². The first-order valence-corrected chi connectivity index (χ1v) is 8.36. The van der Waals surface area contributed by atoms with Gasteiger partial charge in [0.25, 0.3) is 0 Å². The van der Waals surface area contributed by atoms with Gasteiger partial charge in [-0.25, -0.2) is 4.79 Å². The lowest BCUT2D eigenvalue weighted by molar-refractivity contribution is -0.712. The van der Waals surface area contributed by atoms with Crippen LogP contribution in [0.15, 0.2) is 11.6 Å². The summed E-state index contributed by atoms with van der Waals surface area (Å²) in [6.07, 6.45) is 1.06. The SMILES string of the molecule is CCOC(=O)c1[nH]c2cc3[n+](c(C)c2c1C)[C@H](C)C(CC)=C3C. The van der Waals surface area contributed by atoms with Crippen molar-refractivity contribution in [2.75, 3.05) is 6.61 Å². The molecule has 122 valence electrons. The Bertz CT molecular complexity index is 843. The predicted octanol–water partition coefficient (Wildman–Crippen LogP) is 4.01. The van der Waals surface area contributed by atoms with Crippen LogP contribution in [0.3, 0.4) is 0 Å². The monoisotopic (exact) mass is 313 g/mol. The Balaban J connectivity index is 2.27. The summed E-state index contributed by atoms with van der Waals surface area (Å²) in [4.78, 5) is 15.4. The first-order valence-electron chi connectivity index (χ1n) is 8.36. The molecule has 0 amide bonds. The number of ether oxygens (including phenoxy) is 1. The van der Waals surface area contributed by atoms with Crippen LogP contribution >= 0.6 is 0 Å². The molecule has 1 N–H and O–H groups in total. The average molecular weight is 313 g/mol. The van der Waals surface area contributed by atoms with E-state index in [2.05, 4.69) is 43.3 Å². The van der Waals surface area contributed by atoms with Gasteiger partial charge in [-0.3, -0.25) is 0 Å². The fourth-order valence-corrected chi connectivity index (χ4v) is 4.09. The van der Waals surface area contributed by atoms with E-state index in [1.807, 2.05) is 13.8 Å². The summed E-state index contributed by atoms with van der Waals surface area (Å²) in [5.41, 5.74) is 7.85. The van der Waals surface area contributed by atoms with E-state index >= 15 is 0 Å². The number of allylic oxidation sites excluding steroid dienone is 2. The fourth-order valence-electron chi connectivity index (χ4n) is 4.09. The van der Waals surface area contributed by atoms with Gasteiger partial charge in [0.15, 0.2) is 11.7 Å². The van der Waals surface area contributed by atoms with Crippen LogP contribution in [0.1, 0.15) is 67.6 Å². The highest BCUT2D eigenvalue weighted by Crippen LogP contribution is 2.35. The molecule has 1 aliphatic heterocycles. The minimum atomic E-state index is -0.277. The van der Waals surface area contributed by atoms with Crippen LogP contribution in [0.4, 0.5) is 0 Å². The van der Waals surface area contributed by atoms with Crippen molar-refractivity contribution in [1.82, 2.24) is 4.98 Å². The molecule has 2 aromatic heterocycles. The van der Waals surface area contributed by atoms with Gasteiger partial charge in [-0.05, 0) is 32.8 Å². The zero-order chi connectivity index (χ0) is 16.9. The number of nitrogens with zero attached hydrogens (tertiary/aromatic N) is 1. The number of aromatic amines is 1. The Morgan fingerprint density at radius 1 is 1.30 bits per heavy atom. The van der Waals surface area contributed by atoms with Crippen LogP contribution in [0.5, 0.6) is 0 Å². The van der Waals surface area contributed by atoms with E-state index in [-0.39, 0.29) is 5.97 Å². The maximum absolute atomic E-state index is 12.2. The summed E-state index contributed by atoms with van der Waals surface area (Å²) in [6, 6.07) is 2.55. The average Bonchev–Trinajstić information content (AvgIpc) is 2.96. The minimum absolute atomic E-state index is 0.277. The van der Waals surface area contributed by atoms with Crippen molar-refractivity contribution in [2.45, 2.75) is 54.0 Å². The van der Waals surface area contributed by atoms with E-state index in [0.717, 1.165) is 22.9 Å². The quantitative estimate of drug-likeness (QED) is 0.687. The van der Waals surface area contributed by atoms with Crippen molar-refractivity contribution in [2.24, 2.45) is 0 Å². The first kappa shape index (κ1) is 15.8. The molecule has 3 heterocycles. The van der Waals surface area contributed by atoms with E-state index in [9.17, 15) is 4.79 Å². The summed E-state index contributed by atoms with van der Waals surface area (Å²) in [7, 11) is 0. The molecule has 4 nitrogen and oxygen atoms in total. The highest BCUT2D eigenvalue weighted by Gasteiger charge is 2.36. The fraction of sp³-hybridized carbons (Fsp3) is 0.474. The van der Waals surface area contributed by atoms with Crippen LogP contribution in [0, 0.1) is 13.8 Å². The second-order valence-electron chi connectivity index (χ2n) is 6.30. The number of hydrogen-bond acceptors (Lipinski definition) is 2. The molecule has 0 unspecified atom stereocenters. The third-order valence-corrected chi connectivity index (χ3v) is 5.16. The normalized spacial score (nSPS) is 17.0. The molecular weight excluding hydrogens is 288 g/mol. The smallest absolute Gasteiger partial charge is 0.355 e. The molecule has 0 fully saturated rings. The number of pyridine rings is 1. The number of carbonyl (C=O) groups excluding carboxylic acids is 1. The van der Waals surface area contributed by atoms with Crippen LogP contribution in [-0.2, 0) is 4.74 Å². The maximum atomic E-state index is 12.2. The molecule has 1 atom stereocenters. The molecule has 0 spiro atoms. The van der Waals surface area contributed by atoms with Crippen molar-refractivity contribution in [3.05, 3.63) is 34.3 Å². The second-order valence-corrected chi connectivity index (χ2v) is 6.30. The molecule has 0 aliphatic carbocycles. The van der Waals surface area contributed by atoms with Gasteiger partial charge in [-0.15, -0.1) is 0 Å². The van der Waals surface area contributed by atoms with E-state index in [0.29, 0.717) is 18.3 Å². The molecule has 0 radical (unpaired) electrons. The third kappa shape index (κ3) is 2.12. The molecule has 4 heteroatoms. The Morgan fingerprint density at radius 2 is 2.00 bits per heavy atom. The van der Waals surface area contributed by atoms with E-state index in [4.69, 9.17) is 4.74 Å². The maximum Gasteiger partial charge on any atom is 0.355 e. The second kappa shape index (κ2) is 5.52. The Morgan fingerprint density at radius 3 is 2.61 bits per heavy atom. The lowest BCUT2D eigenvalue weighted by Crippen LogP contribution is -2.41. The van der Waals surface area contributed by atoms with E-state index in [1.54, 1.807) is 0 Å².